The maximum absolute atomic E-state index is 14.6. The molecule has 10 heteroatoms. The van der Waals surface area contributed by atoms with Crippen molar-refractivity contribution in [2.45, 2.75) is 153 Å². The molecule has 14 aromatic rings. The van der Waals surface area contributed by atoms with Crippen LogP contribution < -0.4 is 33.3 Å². The Morgan fingerprint density at radius 1 is 0.373 bits per heavy atom. The van der Waals surface area contributed by atoms with Gasteiger partial charge in [0.15, 0.2) is 0 Å². The number of hydrogen-bond donors (Lipinski definition) is 0. The summed E-state index contributed by atoms with van der Waals surface area (Å²) in [5, 5.41) is 11.2. The summed E-state index contributed by atoms with van der Waals surface area (Å²) in [6.45, 7) is 42.5. The summed E-state index contributed by atoms with van der Waals surface area (Å²) in [5.41, 5.74) is 9.51. The van der Waals surface area contributed by atoms with E-state index in [9.17, 15) is 9.59 Å². The number of benzene rings is 14. The average Bonchev–Trinajstić information content (AvgIpc) is 0.674. The van der Waals surface area contributed by atoms with Crippen LogP contribution in [-0.4, -0.2) is 26.2 Å². The van der Waals surface area contributed by atoms with Crippen LogP contribution in [0.25, 0.3) is 81.0 Å². The van der Waals surface area contributed by atoms with E-state index in [1.165, 1.54) is 11.1 Å². The van der Waals surface area contributed by atoms with E-state index in [-0.39, 0.29) is 43.6 Å². The van der Waals surface area contributed by atoms with Gasteiger partial charge in [0.05, 0.1) is 31.0 Å². The van der Waals surface area contributed by atoms with Crippen molar-refractivity contribution in [3.8, 4) is 57.5 Å². The average molecular weight is 1460 g/mol. The second-order valence-corrected chi connectivity index (χ2v) is 35.9. The van der Waals surface area contributed by atoms with Gasteiger partial charge in [0, 0.05) is 60.5 Å². The highest BCUT2D eigenvalue weighted by atomic mass is 16.6. The first-order chi connectivity index (χ1) is 52.0. The molecular formula is C100H99NO9. The summed E-state index contributed by atoms with van der Waals surface area (Å²) in [7, 11) is 3.37. The summed E-state index contributed by atoms with van der Waals surface area (Å²) in [6.07, 6.45) is 5.02. The number of fused-ring (bicyclic) bond motifs is 4. The lowest BCUT2D eigenvalue weighted by Gasteiger charge is -2.33. The molecule has 15 rings (SSSR count). The van der Waals surface area contributed by atoms with Crippen molar-refractivity contribution in [2.24, 2.45) is 16.2 Å². The minimum absolute atomic E-state index is 0.0466. The molecule has 14 aromatic carbocycles. The van der Waals surface area contributed by atoms with Crippen molar-refractivity contribution < 1.29 is 42.7 Å². The molecule has 1 heterocycles. The highest BCUT2D eigenvalue weighted by molar-refractivity contribution is 6.46. The summed E-state index contributed by atoms with van der Waals surface area (Å²) in [5.74, 6) is 4.36. The zero-order valence-corrected chi connectivity index (χ0v) is 67.1. The van der Waals surface area contributed by atoms with Crippen LogP contribution in [0.1, 0.15) is 180 Å². The first-order valence-electron chi connectivity index (χ1n) is 38.3. The van der Waals surface area contributed by atoms with Gasteiger partial charge in [-0.3, -0.25) is 0 Å². The summed E-state index contributed by atoms with van der Waals surface area (Å²) in [6, 6.07) is 68.6. The Balaban J connectivity index is 1.08. The molecule has 0 spiro atoms. The highest BCUT2D eigenvalue weighted by Gasteiger charge is 2.37. The number of hydrogen-bond acceptors (Lipinski definition) is 10. The van der Waals surface area contributed by atoms with Crippen molar-refractivity contribution in [2.75, 3.05) is 19.1 Å². The molecule has 0 atom stereocenters. The van der Waals surface area contributed by atoms with Crippen LogP contribution >= 0.6 is 0 Å². The molecule has 10 nitrogen and oxygen atoms in total. The van der Waals surface area contributed by atoms with Crippen molar-refractivity contribution in [1.82, 2.24) is 0 Å². The molecule has 0 N–H and O–H groups in total. The van der Waals surface area contributed by atoms with Gasteiger partial charge < -0.3 is 38.1 Å². The maximum Gasteiger partial charge on any atom is 0.346 e. The standard InChI is InChI=1S/C100H99NO9/c1-58(2)54-98(13,14)61-23-35-70(36-24-61)108-82-52-78-86-77(93(102)110-94(78)103)51-81(107-68-33-21-60(22-34-68)59(3)55-95(4,5)6)89-75-47-45-73-84-74(46-48-76(85(75)84)90(82)92(86)89)88-83(109-71-39-27-63(28-40-71)100(17,18)57-97(10,11)12)53-79(101(64-29-41-66(104-19)42-30-64)65-31-43-67(105-20)44-32-65)72-49-50-80(87(73)91(72)88)106-69-37-25-62(26-38-69)99(15,16)56-96(7,8)9/h21-53,55H,1,54,56-57H2,2-20H3/b59-55+. The first kappa shape index (κ1) is 74.1. The van der Waals surface area contributed by atoms with E-state index >= 15 is 0 Å². The molecule has 0 amide bonds. The minimum Gasteiger partial charge on any atom is -0.497 e. The molecule has 110 heavy (non-hydrogen) atoms. The van der Waals surface area contributed by atoms with Crippen molar-refractivity contribution in [1.29, 1.82) is 0 Å². The van der Waals surface area contributed by atoms with Crippen molar-refractivity contribution >= 4 is 110 Å². The Labute approximate surface area is 646 Å². The van der Waals surface area contributed by atoms with Gasteiger partial charge in [0.25, 0.3) is 0 Å². The lowest BCUT2D eigenvalue weighted by atomic mass is 9.72. The number of methoxy groups -OCH3 is 2. The van der Waals surface area contributed by atoms with Gasteiger partial charge in [-0.15, -0.1) is 6.58 Å². The van der Waals surface area contributed by atoms with Gasteiger partial charge >= 0.3 is 11.9 Å². The molecule has 0 radical (unpaired) electrons. The van der Waals surface area contributed by atoms with Crippen LogP contribution in [0.5, 0.6) is 57.5 Å². The molecule has 1 aliphatic heterocycles. The lowest BCUT2D eigenvalue weighted by molar-refractivity contribution is 0.0390. The fourth-order valence-corrected chi connectivity index (χ4v) is 18.0. The zero-order valence-electron chi connectivity index (χ0n) is 67.1. The predicted molar refractivity (Wildman–Crippen MR) is 455 cm³/mol. The number of rotatable bonds is 21. The monoisotopic (exact) mass is 1460 g/mol. The molecule has 0 bridgehead atoms. The SMILES string of the molecule is C=C(C)CC(C)(C)c1ccc(Oc2cc3c4c(cc(Oc5ccc(/C(C)=C/C(C)(C)C)cc5)c5c6ccc7c8c(Oc9ccc(C(C)(C)CC(C)(C)C)cc9)ccc9c(N(c%10ccc(OC)cc%10)c%10ccc(OC)cc%10)cc(Oc%10ccc(C(C)(C)CC(C)(C)C)cc%10)c(c%10ccc(c2c45)c6c7%10)c98)C(=O)OC3=O)cc1. The molecule has 0 saturated heterocycles. The summed E-state index contributed by atoms with van der Waals surface area (Å²) < 4.78 is 47.1. The smallest absolute Gasteiger partial charge is 0.346 e. The number of carbonyl (C=O) groups is 2. The van der Waals surface area contributed by atoms with Gasteiger partial charge in [-0.1, -0.05) is 188 Å². The van der Waals surface area contributed by atoms with E-state index in [1.54, 1.807) is 26.4 Å². The molecule has 0 saturated carbocycles. The normalized spacial score (nSPS) is 13.4. The zero-order chi connectivity index (χ0) is 78.1. The Morgan fingerprint density at radius 2 is 0.718 bits per heavy atom. The molecule has 0 unspecified atom stereocenters. The molecule has 558 valence electrons. The molecule has 0 fully saturated rings. The van der Waals surface area contributed by atoms with Crippen molar-refractivity contribution in [3.05, 3.63) is 252 Å². The number of ether oxygens (including phenoxy) is 7. The Bertz CT molecular complexity index is 5910. The van der Waals surface area contributed by atoms with Crippen molar-refractivity contribution in [3.63, 3.8) is 0 Å². The second kappa shape index (κ2) is 27.3. The molecular weight excluding hydrogens is 1360 g/mol. The third-order valence-corrected chi connectivity index (χ3v) is 21.8. The van der Waals surface area contributed by atoms with E-state index in [1.807, 2.05) is 48.5 Å². The molecule has 0 aliphatic carbocycles. The first-order valence-corrected chi connectivity index (χ1v) is 38.3. The van der Waals surface area contributed by atoms with Crippen LogP contribution in [0, 0.1) is 16.2 Å². The molecule has 1 aliphatic rings. The second-order valence-electron chi connectivity index (χ2n) is 35.9. The summed E-state index contributed by atoms with van der Waals surface area (Å²) >= 11 is 0. The van der Waals surface area contributed by atoms with Gasteiger partial charge in [0.2, 0.25) is 0 Å². The Morgan fingerprint density at radius 3 is 1.10 bits per heavy atom. The van der Waals surface area contributed by atoms with Gasteiger partial charge in [-0.05, 0) is 247 Å². The number of nitrogens with zero attached hydrogens (tertiary/aromatic N) is 1. The van der Waals surface area contributed by atoms with E-state index in [2.05, 4.69) is 275 Å². The van der Waals surface area contributed by atoms with Crippen LogP contribution in [-0.2, 0) is 21.0 Å². The fourth-order valence-electron chi connectivity index (χ4n) is 18.0. The third kappa shape index (κ3) is 14.0. The van der Waals surface area contributed by atoms with Gasteiger partial charge in [0.1, 0.15) is 57.5 Å². The lowest BCUT2D eigenvalue weighted by Crippen LogP contribution is -2.24. The quantitative estimate of drug-likeness (QED) is 0.0227. The van der Waals surface area contributed by atoms with E-state index in [0.29, 0.717) is 67.5 Å². The predicted octanol–water partition coefficient (Wildman–Crippen LogP) is 28.7. The highest BCUT2D eigenvalue weighted by Crippen LogP contribution is 2.58. The topological polar surface area (TPSA) is 102 Å². The maximum atomic E-state index is 14.6. The largest absolute Gasteiger partial charge is 0.497 e. The van der Waals surface area contributed by atoms with Crippen LogP contribution in [0.15, 0.2) is 218 Å². The minimum atomic E-state index is -0.770. The van der Waals surface area contributed by atoms with Crippen LogP contribution in [0.2, 0.25) is 0 Å². The molecule has 0 aromatic heterocycles. The van der Waals surface area contributed by atoms with E-state index < -0.39 is 11.9 Å². The van der Waals surface area contributed by atoms with Gasteiger partial charge in [-0.2, -0.15) is 0 Å². The Hall–Kier alpha value is -11.4. The fraction of sp³-hybridized carbons (Fsp3) is 0.280. The number of carbonyl (C=O) groups excluding carboxylic acids is 2. The van der Waals surface area contributed by atoms with Gasteiger partial charge in [-0.25, -0.2) is 9.59 Å². The van der Waals surface area contributed by atoms with Crippen LogP contribution in [0.3, 0.4) is 0 Å². The Kier molecular flexibility index (Phi) is 18.4. The van der Waals surface area contributed by atoms with E-state index in [4.69, 9.17) is 33.2 Å². The van der Waals surface area contributed by atoms with E-state index in [0.717, 1.165) is 124 Å². The van der Waals surface area contributed by atoms with Crippen LogP contribution in [0.4, 0.5) is 17.1 Å². The number of anilines is 3. The number of allylic oxidation sites excluding steroid dienone is 3. The summed E-state index contributed by atoms with van der Waals surface area (Å²) in [4.78, 5) is 31.5. The third-order valence-electron chi connectivity index (χ3n) is 21.8. The number of cyclic esters (lactones) is 2. The number of esters is 2.